The predicted octanol–water partition coefficient (Wildman–Crippen LogP) is 6.68. The van der Waals surface area contributed by atoms with Gasteiger partial charge in [-0.3, -0.25) is 24.4 Å². The molecule has 1 aliphatic carbocycles. The van der Waals surface area contributed by atoms with Gasteiger partial charge in [0.05, 0.1) is 40.9 Å². The minimum absolute atomic E-state index is 0.0243. The minimum atomic E-state index is -1.97. The molecule has 3 amide bonds. The van der Waals surface area contributed by atoms with Crippen LogP contribution in [0.5, 0.6) is 17.2 Å². The molecule has 8 aliphatic rings. The van der Waals surface area contributed by atoms with Gasteiger partial charge in [0.25, 0.3) is 11.7 Å². The first kappa shape index (κ1) is 53.3. The van der Waals surface area contributed by atoms with Crippen LogP contribution in [0.1, 0.15) is 111 Å². The zero-order valence-corrected chi connectivity index (χ0v) is 45.2. The Labute approximate surface area is 433 Å². The smallest absolute Gasteiger partial charge is 0.410 e. The van der Waals surface area contributed by atoms with Crippen molar-refractivity contribution in [2.75, 3.05) is 58.2 Å². The zero-order valence-electron chi connectivity index (χ0n) is 45.2. The van der Waals surface area contributed by atoms with Crippen molar-refractivity contribution in [1.82, 2.24) is 14.7 Å². The van der Waals surface area contributed by atoms with E-state index in [1.807, 2.05) is 51.7 Å². The van der Waals surface area contributed by atoms with E-state index in [1.54, 1.807) is 38.0 Å². The van der Waals surface area contributed by atoms with Crippen LogP contribution >= 0.6 is 0 Å². The van der Waals surface area contributed by atoms with Crippen LogP contribution in [0, 0.1) is 42.4 Å². The molecule has 7 heterocycles. The molecule has 7 bridgehead atoms. The molecule has 1 spiro atoms. The fraction of sp³-hybridized carbons (Fsp3) is 0.643. The number of ether oxygens (including phenoxy) is 6. The molecule has 0 radical (unpaired) electrons. The number of carbonyl (C=O) groups excluding carboxylic acids is 4. The van der Waals surface area contributed by atoms with Crippen LogP contribution in [0.25, 0.3) is 10.8 Å². The highest BCUT2D eigenvalue weighted by atomic mass is 16.7. The largest absolute Gasteiger partial charge is 0.507 e. The molecule has 2 aromatic carbocycles. The van der Waals surface area contributed by atoms with Crippen molar-refractivity contribution in [2.24, 2.45) is 45.5 Å². The topological polar surface area (TPSA) is 211 Å². The second kappa shape index (κ2) is 20.2. The molecule has 18 nitrogen and oxygen atoms in total. The summed E-state index contributed by atoms with van der Waals surface area (Å²) in [6, 6.07) is 0. The molecule has 0 unspecified atom stereocenters. The predicted molar refractivity (Wildman–Crippen MR) is 275 cm³/mol. The normalized spacial score (nSPS) is 32.7. The SMILES string of the molecule is CO[C@H]1/C=C/O[C@@]2(C)Oc3c(C)c(O)c4c(O)c(c5c(c4c3C2=O)=NC2(CCN(CC(C)C)CC2)N=5)NC(=O)/C(C)=C\C=C\[C@H](C)[C@@H]2OC(C)(C)O[C@@H]([C@@H](C)[C@H](OC(=O)N3CCN(C(=O)C4CC4)CC3)[C@@H]1C)[C@@H]2C. The number of hydrogen-bond acceptors (Lipinski definition) is 15. The summed E-state index contributed by atoms with van der Waals surface area (Å²) in [5.41, 5.74) is -0.445. The fourth-order valence-electron chi connectivity index (χ4n) is 12.0. The molecular weight excluding hydrogens is 949 g/mol. The third kappa shape index (κ3) is 9.91. The van der Waals surface area contributed by atoms with Crippen molar-refractivity contribution < 1.29 is 57.8 Å². The number of ketones is 1. The van der Waals surface area contributed by atoms with Gasteiger partial charge in [-0.2, -0.15) is 0 Å². The summed E-state index contributed by atoms with van der Waals surface area (Å²) >= 11 is 0. The first-order valence-corrected chi connectivity index (χ1v) is 26.6. The highest BCUT2D eigenvalue weighted by molar-refractivity contribution is 6.19. The number of fused-ring (bicyclic) bond motifs is 9. The molecular formula is C56H76N6O12. The average molecular weight is 1030 g/mol. The van der Waals surface area contributed by atoms with Crippen LogP contribution in [0.15, 0.2) is 46.1 Å². The van der Waals surface area contributed by atoms with Gasteiger partial charge in [0, 0.05) is 119 Å². The number of allylic oxidation sites excluding steroid dienone is 2. The van der Waals surface area contributed by atoms with Gasteiger partial charge in [0.1, 0.15) is 28.6 Å². The van der Waals surface area contributed by atoms with Gasteiger partial charge in [-0.25, -0.2) is 4.79 Å². The lowest BCUT2D eigenvalue weighted by Crippen LogP contribution is -2.57. The second-order valence-corrected chi connectivity index (χ2v) is 22.9. The summed E-state index contributed by atoms with van der Waals surface area (Å²) in [6.07, 6.45) is 8.47. The molecule has 3 N–H and O–H groups in total. The Balaban J connectivity index is 1.13. The maximum absolute atomic E-state index is 15.1. The van der Waals surface area contributed by atoms with E-state index in [2.05, 4.69) is 31.0 Å². The first-order valence-electron chi connectivity index (χ1n) is 26.6. The van der Waals surface area contributed by atoms with E-state index >= 15 is 4.79 Å². The zero-order chi connectivity index (χ0) is 53.3. The van der Waals surface area contributed by atoms with E-state index in [0.717, 1.165) is 19.4 Å². The molecule has 18 heteroatoms. The lowest BCUT2D eigenvalue weighted by atomic mass is 9.77. The Bertz CT molecular complexity index is 2800. The number of carbonyl (C=O) groups is 4. The van der Waals surface area contributed by atoms with Crippen molar-refractivity contribution in [1.29, 1.82) is 0 Å². The number of Topliss-reactive ketones (excluding diaryl/α,β-unsaturated/α-hetero) is 1. The molecule has 4 fully saturated rings. The number of nitrogens with zero attached hydrogens (tertiary/aromatic N) is 5. The maximum atomic E-state index is 15.1. The third-order valence-electron chi connectivity index (χ3n) is 16.4. The molecule has 2 aromatic rings. The molecule has 402 valence electrons. The number of rotatable bonds is 5. The lowest BCUT2D eigenvalue weighted by Gasteiger charge is -2.50. The Morgan fingerprint density at radius 2 is 1.50 bits per heavy atom. The van der Waals surface area contributed by atoms with E-state index in [-0.39, 0.29) is 79.6 Å². The van der Waals surface area contributed by atoms with Gasteiger partial charge in [0.15, 0.2) is 17.2 Å². The van der Waals surface area contributed by atoms with Gasteiger partial charge in [0.2, 0.25) is 5.91 Å². The molecule has 3 saturated heterocycles. The van der Waals surface area contributed by atoms with Crippen molar-refractivity contribution in [3.8, 4) is 17.2 Å². The molecule has 0 aromatic heterocycles. The summed E-state index contributed by atoms with van der Waals surface area (Å²) in [7, 11) is 1.54. The van der Waals surface area contributed by atoms with E-state index < -0.39 is 70.9 Å². The quantitative estimate of drug-likeness (QED) is 0.268. The standard InChI is InChI=1S/C56H76N6O12/c1-29(2)28-60-21-19-56(20-22-60)58-41-38-39-44(63)33(6)49-40(38)50(65)55(11,74-49)70-27-18-37(69-12)32(5)47(71-53(68)62-25-23-61(24-26-62)52(67)36-16-17-36)35(8)48-34(7)46(72-54(9,10)73-48)30(3)14-13-15-31(4)51(66)57-43(45(39)64)42(41)59-56/h13-15,18,27,29-30,32,34-37,46-48,63-64H,16-17,19-26,28H2,1-12H3,(H,57,66)/b14-13+,27-18+,31-15-/t30-,32+,34+,35-,37-,46-,47+,48+,55-/m0/s1. The summed E-state index contributed by atoms with van der Waals surface area (Å²) in [5.74, 6) is -5.56. The fourth-order valence-corrected chi connectivity index (χ4v) is 12.0. The van der Waals surface area contributed by atoms with Crippen molar-refractivity contribution >= 4 is 40.2 Å². The Morgan fingerprint density at radius 3 is 2.15 bits per heavy atom. The number of piperidine rings is 1. The minimum Gasteiger partial charge on any atom is -0.507 e. The highest BCUT2D eigenvalue weighted by Gasteiger charge is 2.52. The van der Waals surface area contributed by atoms with Crippen LogP contribution in [0.2, 0.25) is 0 Å². The number of aromatic hydroxyl groups is 2. The number of methoxy groups -OCH3 is 1. The number of phenolic OH excluding ortho intramolecular Hbond substituents is 2. The van der Waals surface area contributed by atoms with Gasteiger partial charge in [-0.05, 0) is 52.5 Å². The monoisotopic (exact) mass is 1020 g/mol. The van der Waals surface area contributed by atoms with E-state index in [1.165, 1.54) is 13.2 Å². The highest BCUT2D eigenvalue weighted by Crippen LogP contribution is 2.50. The van der Waals surface area contributed by atoms with Crippen LogP contribution in [-0.2, 0) is 33.3 Å². The summed E-state index contributed by atoms with van der Waals surface area (Å²) < 4.78 is 38.8. The van der Waals surface area contributed by atoms with E-state index in [0.29, 0.717) is 63.6 Å². The number of amides is 3. The summed E-state index contributed by atoms with van der Waals surface area (Å²) in [5, 5.41) is 27.8. The Hall–Kier alpha value is -5.56. The molecule has 10 rings (SSSR count). The number of hydrogen-bond donors (Lipinski definition) is 3. The number of nitrogens with one attached hydrogen (secondary N) is 1. The number of piperazine rings is 1. The summed E-state index contributed by atoms with van der Waals surface area (Å²) in [4.78, 5) is 72.8. The van der Waals surface area contributed by atoms with E-state index in [4.69, 9.17) is 38.4 Å². The number of benzene rings is 2. The van der Waals surface area contributed by atoms with Crippen LogP contribution in [0.3, 0.4) is 0 Å². The van der Waals surface area contributed by atoms with Crippen LogP contribution < -0.4 is 20.8 Å². The van der Waals surface area contributed by atoms with Gasteiger partial charge in [-0.1, -0.05) is 59.8 Å². The van der Waals surface area contributed by atoms with Crippen molar-refractivity contribution in [3.63, 3.8) is 0 Å². The van der Waals surface area contributed by atoms with Gasteiger partial charge in [-0.15, -0.1) is 0 Å². The average Bonchev–Trinajstić information content (AvgIpc) is 4.10. The molecule has 7 aliphatic heterocycles. The van der Waals surface area contributed by atoms with E-state index in [9.17, 15) is 24.6 Å². The Kier molecular flexibility index (Phi) is 14.5. The van der Waals surface area contributed by atoms with Gasteiger partial charge < -0.3 is 58.7 Å². The summed E-state index contributed by atoms with van der Waals surface area (Å²) in [6.45, 7) is 24.7. The second-order valence-electron chi connectivity index (χ2n) is 22.9. The Morgan fingerprint density at radius 1 is 0.851 bits per heavy atom. The molecule has 9 atom stereocenters. The number of likely N-dealkylation sites (tertiary alicyclic amines) is 1. The van der Waals surface area contributed by atoms with Gasteiger partial charge >= 0.3 is 11.9 Å². The maximum Gasteiger partial charge on any atom is 0.410 e. The number of phenols is 2. The molecule has 74 heavy (non-hydrogen) atoms. The lowest BCUT2D eigenvalue weighted by molar-refractivity contribution is -0.336. The van der Waals surface area contributed by atoms with Crippen LogP contribution in [0.4, 0.5) is 10.5 Å². The van der Waals surface area contributed by atoms with Crippen LogP contribution in [-0.4, -0.2) is 143 Å². The number of anilines is 1. The first-order chi connectivity index (χ1) is 35.0. The third-order valence-corrected chi connectivity index (χ3v) is 16.4. The van der Waals surface area contributed by atoms with Crippen molar-refractivity contribution in [2.45, 2.75) is 143 Å². The van der Waals surface area contributed by atoms with Crippen molar-refractivity contribution in [3.05, 3.63) is 58.0 Å². The molecule has 1 saturated carbocycles.